The molecule has 1 fully saturated rings. The molecule has 1 aromatic carbocycles. The van der Waals surface area contributed by atoms with E-state index in [1.807, 2.05) is 12.1 Å². The fraction of sp³-hybridized carbons (Fsp3) is 0.600. The summed E-state index contributed by atoms with van der Waals surface area (Å²) in [5.41, 5.74) is 1.66. The van der Waals surface area contributed by atoms with Gasteiger partial charge in [-0.05, 0) is 30.7 Å². The number of nitrogens with one attached hydrogen (secondary N) is 1. The highest BCUT2D eigenvalue weighted by Crippen LogP contribution is 2.48. The molecular formula is C15H21NO3. The van der Waals surface area contributed by atoms with Crippen molar-refractivity contribution < 1.29 is 14.2 Å². The zero-order chi connectivity index (χ0) is 13.1. The summed E-state index contributed by atoms with van der Waals surface area (Å²) in [6, 6.07) is 6.06. The molecular weight excluding hydrogens is 242 g/mol. The van der Waals surface area contributed by atoms with Gasteiger partial charge in [-0.25, -0.2) is 0 Å². The second-order valence-corrected chi connectivity index (χ2v) is 5.50. The van der Waals surface area contributed by atoms with Gasteiger partial charge in [0.25, 0.3) is 0 Å². The molecule has 0 saturated heterocycles. The van der Waals surface area contributed by atoms with Crippen molar-refractivity contribution in [2.24, 2.45) is 5.41 Å². The van der Waals surface area contributed by atoms with Crippen molar-refractivity contribution in [3.8, 4) is 11.5 Å². The Labute approximate surface area is 114 Å². The lowest BCUT2D eigenvalue weighted by molar-refractivity contribution is 0.170. The van der Waals surface area contributed by atoms with Crippen LogP contribution in [0.4, 0.5) is 0 Å². The van der Waals surface area contributed by atoms with Gasteiger partial charge in [-0.15, -0.1) is 0 Å². The first-order valence-electron chi connectivity index (χ1n) is 6.90. The summed E-state index contributed by atoms with van der Waals surface area (Å²) >= 11 is 0. The first-order valence-corrected chi connectivity index (χ1v) is 6.90. The highest BCUT2D eigenvalue weighted by atomic mass is 16.7. The van der Waals surface area contributed by atoms with Gasteiger partial charge in [-0.2, -0.15) is 0 Å². The molecule has 3 rings (SSSR count). The van der Waals surface area contributed by atoms with Gasteiger partial charge in [0, 0.05) is 32.4 Å². The molecule has 0 atom stereocenters. The number of methoxy groups -OCH3 is 1. The number of hydrogen-bond acceptors (Lipinski definition) is 4. The van der Waals surface area contributed by atoms with Gasteiger partial charge < -0.3 is 19.5 Å². The number of hydrogen-bond donors (Lipinski definition) is 1. The number of benzene rings is 1. The lowest BCUT2D eigenvalue weighted by Crippen LogP contribution is -2.24. The number of rotatable bonds is 7. The molecule has 0 aromatic heterocycles. The van der Waals surface area contributed by atoms with Crippen LogP contribution in [0.1, 0.15) is 24.8 Å². The van der Waals surface area contributed by atoms with E-state index in [-0.39, 0.29) is 0 Å². The molecule has 0 amide bonds. The SMILES string of the molecule is COCCC1(CNCc2cccc3c2OCO3)CC1. The topological polar surface area (TPSA) is 39.7 Å². The fourth-order valence-corrected chi connectivity index (χ4v) is 2.60. The normalized spacial score (nSPS) is 18.6. The Hall–Kier alpha value is -1.26. The Bertz CT molecular complexity index is 443. The van der Waals surface area contributed by atoms with Crippen LogP contribution in [0.2, 0.25) is 0 Å². The van der Waals surface area contributed by atoms with Gasteiger partial charge in [0.1, 0.15) is 0 Å². The van der Waals surface area contributed by atoms with Crippen molar-refractivity contribution in [2.75, 3.05) is 27.1 Å². The van der Waals surface area contributed by atoms with E-state index in [4.69, 9.17) is 14.2 Å². The van der Waals surface area contributed by atoms with Gasteiger partial charge in [0.15, 0.2) is 11.5 Å². The van der Waals surface area contributed by atoms with Crippen LogP contribution in [0.25, 0.3) is 0 Å². The minimum absolute atomic E-state index is 0.337. The molecule has 1 aliphatic carbocycles. The first kappa shape index (κ1) is 12.8. The van der Waals surface area contributed by atoms with Gasteiger partial charge in [0.05, 0.1) is 0 Å². The van der Waals surface area contributed by atoms with Gasteiger partial charge in [-0.3, -0.25) is 0 Å². The molecule has 4 heteroatoms. The van der Waals surface area contributed by atoms with E-state index >= 15 is 0 Å². The molecule has 0 bridgehead atoms. The molecule has 1 aliphatic heterocycles. The maximum absolute atomic E-state index is 5.51. The summed E-state index contributed by atoms with van der Waals surface area (Å²) in [5.74, 6) is 1.76. The standard InChI is InChI=1S/C15H21NO3/c1-17-8-7-15(5-6-15)10-16-9-12-3-2-4-13-14(12)19-11-18-13/h2-4,16H,5-11H2,1H3. The van der Waals surface area contributed by atoms with E-state index in [1.165, 1.54) is 18.4 Å². The highest BCUT2D eigenvalue weighted by molar-refractivity contribution is 5.48. The summed E-state index contributed by atoms with van der Waals surface area (Å²) in [6.07, 6.45) is 3.79. The second-order valence-electron chi connectivity index (χ2n) is 5.50. The van der Waals surface area contributed by atoms with Gasteiger partial charge >= 0.3 is 0 Å². The van der Waals surface area contributed by atoms with E-state index in [0.29, 0.717) is 12.2 Å². The molecule has 1 heterocycles. The summed E-state index contributed by atoms with van der Waals surface area (Å²) in [7, 11) is 1.77. The van der Waals surface area contributed by atoms with Crippen LogP contribution in [-0.2, 0) is 11.3 Å². The summed E-state index contributed by atoms with van der Waals surface area (Å²) in [4.78, 5) is 0. The van der Waals surface area contributed by atoms with Gasteiger partial charge in [-0.1, -0.05) is 12.1 Å². The molecule has 0 spiro atoms. The lowest BCUT2D eigenvalue weighted by atomic mass is 10.0. The summed E-state index contributed by atoms with van der Waals surface area (Å²) in [5, 5.41) is 3.55. The van der Waals surface area contributed by atoms with Crippen molar-refractivity contribution in [3.05, 3.63) is 23.8 Å². The number of para-hydroxylation sites is 1. The monoisotopic (exact) mass is 263 g/mol. The minimum Gasteiger partial charge on any atom is -0.454 e. The van der Waals surface area contributed by atoms with E-state index < -0.39 is 0 Å². The lowest BCUT2D eigenvalue weighted by Gasteiger charge is -2.16. The third-order valence-electron chi connectivity index (χ3n) is 4.09. The first-order chi connectivity index (χ1) is 9.33. The van der Waals surface area contributed by atoms with E-state index in [2.05, 4.69) is 11.4 Å². The van der Waals surface area contributed by atoms with Crippen molar-refractivity contribution in [1.82, 2.24) is 5.32 Å². The zero-order valence-electron chi connectivity index (χ0n) is 11.4. The molecule has 2 aliphatic rings. The summed E-state index contributed by atoms with van der Waals surface area (Å²) < 4.78 is 16.1. The summed E-state index contributed by atoms with van der Waals surface area (Å²) in [6.45, 7) is 3.09. The largest absolute Gasteiger partial charge is 0.454 e. The Morgan fingerprint density at radius 3 is 3.00 bits per heavy atom. The van der Waals surface area contributed by atoms with Crippen molar-refractivity contribution >= 4 is 0 Å². The Balaban J connectivity index is 1.52. The van der Waals surface area contributed by atoms with Crippen LogP contribution in [0.15, 0.2) is 18.2 Å². The average molecular weight is 263 g/mol. The predicted molar refractivity (Wildman–Crippen MR) is 72.4 cm³/mol. The van der Waals surface area contributed by atoms with E-state index in [1.54, 1.807) is 7.11 Å². The van der Waals surface area contributed by atoms with Crippen molar-refractivity contribution in [1.29, 1.82) is 0 Å². The maximum atomic E-state index is 5.51. The van der Waals surface area contributed by atoms with Gasteiger partial charge in [0.2, 0.25) is 6.79 Å². The number of ether oxygens (including phenoxy) is 3. The molecule has 1 saturated carbocycles. The predicted octanol–water partition coefficient (Wildman–Crippen LogP) is 2.32. The molecule has 0 radical (unpaired) electrons. The van der Waals surface area contributed by atoms with Crippen LogP contribution in [0.3, 0.4) is 0 Å². The van der Waals surface area contributed by atoms with Crippen molar-refractivity contribution in [3.63, 3.8) is 0 Å². The molecule has 1 aromatic rings. The maximum Gasteiger partial charge on any atom is 0.231 e. The van der Waals surface area contributed by atoms with Crippen LogP contribution >= 0.6 is 0 Å². The fourth-order valence-electron chi connectivity index (χ4n) is 2.60. The van der Waals surface area contributed by atoms with E-state index in [9.17, 15) is 0 Å². The molecule has 104 valence electrons. The van der Waals surface area contributed by atoms with Crippen LogP contribution in [0, 0.1) is 5.41 Å². The Morgan fingerprint density at radius 1 is 1.32 bits per heavy atom. The molecule has 4 nitrogen and oxygen atoms in total. The minimum atomic E-state index is 0.337. The van der Waals surface area contributed by atoms with E-state index in [0.717, 1.165) is 37.6 Å². The van der Waals surface area contributed by atoms with Crippen molar-refractivity contribution in [2.45, 2.75) is 25.8 Å². The smallest absolute Gasteiger partial charge is 0.231 e. The zero-order valence-corrected chi connectivity index (χ0v) is 11.4. The number of fused-ring (bicyclic) bond motifs is 1. The highest BCUT2D eigenvalue weighted by Gasteiger charge is 2.41. The van der Waals surface area contributed by atoms with Crippen LogP contribution in [-0.4, -0.2) is 27.1 Å². The molecule has 19 heavy (non-hydrogen) atoms. The molecule has 0 unspecified atom stereocenters. The Kier molecular flexibility index (Phi) is 3.62. The average Bonchev–Trinajstić information content (AvgIpc) is 3.02. The third-order valence-corrected chi connectivity index (χ3v) is 4.09. The third kappa shape index (κ3) is 2.85. The quantitative estimate of drug-likeness (QED) is 0.819. The molecule has 1 N–H and O–H groups in total. The van der Waals surface area contributed by atoms with Crippen LogP contribution in [0.5, 0.6) is 11.5 Å². The Morgan fingerprint density at radius 2 is 2.21 bits per heavy atom. The van der Waals surface area contributed by atoms with Crippen LogP contribution < -0.4 is 14.8 Å². The second kappa shape index (κ2) is 5.39.